The standard InChI is InChI=1S/C10H14FN5O2/c11-6(4-17)2-1-3-16-5-13-7-8(16)14-10(12)15-9(7)18/h5-6,17H,1-4H2,(H3,12,14,15,18). The summed E-state index contributed by atoms with van der Waals surface area (Å²) in [5.41, 5.74) is 5.65. The van der Waals surface area contributed by atoms with E-state index in [4.69, 9.17) is 10.8 Å². The van der Waals surface area contributed by atoms with E-state index in [-0.39, 0.29) is 17.9 Å². The molecule has 0 saturated heterocycles. The fraction of sp³-hybridized carbons (Fsp3) is 0.500. The highest BCUT2D eigenvalue weighted by atomic mass is 19.1. The lowest BCUT2D eigenvalue weighted by atomic mass is 10.2. The molecule has 4 N–H and O–H groups in total. The predicted octanol–water partition coefficient (Wildman–Crippen LogP) is -0.188. The summed E-state index contributed by atoms with van der Waals surface area (Å²) in [6, 6.07) is 0. The van der Waals surface area contributed by atoms with E-state index in [1.807, 2.05) is 0 Å². The minimum Gasteiger partial charge on any atom is -0.393 e. The zero-order valence-corrected chi connectivity index (χ0v) is 9.64. The van der Waals surface area contributed by atoms with Crippen LogP contribution in [0.1, 0.15) is 12.8 Å². The largest absolute Gasteiger partial charge is 0.393 e. The molecule has 98 valence electrons. The monoisotopic (exact) mass is 255 g/mol. The first-order chi connectivity index (χ1) is 8.61. The topological polar surface area (TPSA) is 110 Å². The van der Waals surface area contributed by atoms with Crippen LogP contribution in [0.4, 0.5) is 10.3 Å². The van der Waals surface area contributed by atoms with Crippen LogP contribution in [0, 0.1) is 0 Å². The van der Waals surface area contributed by atoms with E-state index in [9.17, 15) is 9.18 Å². The molecule has 0 bridgehead atoms. The molecule has 0 aliphatic rings. The second-order valence-corrected chi connectivity index (χ2v) is 3.98. The maximum Gasteiger partial charge on any atom is 0.280 e. The van der Waals surface area contributed by atoms with Crippen molar-refractivity contribution in [2.45, 2.75) is 25.6 Å². The molecule has 0 aliphatic carbocycles. The number of hydrogen-bond acceptors (Lipinski definition) is 5. The fourth-order valence-electron chi connectivity index (χ4n) is 1.71. The Hall–Kier alpha value is -1.96. The second kappa shape index (κ2) is 5.13. The van der Waals surface area contributed by atoms with Crippen LogP contribution in [0.5, 0.6) is 0 Å². The number of rotatable bonds is 5. The maximum atomic E-state index is 12.8. The molecule has 7 nitrogen and oxygen atoms in total. The first kappa shape index (κ1) is 12.5. The van der Waals surface area contributed by atoms with Gasteiger partial charge in [-0.05, 0) is 12.8 Å². The van der Waals surface area contributed by atoms with Crippen molar-refractivity contribution in [1.82, 2.24) is 19.5 Å². The van der Waals surface area contributed by atoms with E-state index in [1.54, 1.807) is 4.57 Å². The van der Waals surface area contributed by atoms with Crippen molar-refractivity contribution in [3.05, 3.63) is 16.7 Å². The van der Waals surface area contributed by atoms with Gasteiger partial charge in [-0.1, -0.05) is 0 Å². The van der Waals surface area contributed by atoms with Crippen LogP contribution in [-0.4, -0.2) is 37.4 Å². The summed E-state index contributed by atoms with van der Waals surface area (Å²) in [7, 11) is 0. The number of nitrogens with two attached hydrogens (primary N) is 1. The summed E-state index contributed by atoms with van der Waals surface area (Å²) in [6.45, 7) is -0.0116. The number of H-pyrrole nitrogens is 1. The molecular formula is C10H14FN5O2. The molecule has 1 atom stereocenters. The lowest BCUT2D eigenvalue weighted by Crippen LogP contribution is -2.12. The van der Waals surface area contributed by atoms with E-state index in [1.165, 1.54) is 6.33 Å². The molecule has 0 aromatic carbocycles. The number of nitrogen functional groups attached to an aromatic ring is 1. The number of aromatic amines is 1. The highest BCUT2D eigenvalue weighted by Crippen LogP contribution is 2.09. The molecule has 0 fully saturated rings. The van der Waals surface area contributed by atoms with E-state index in [0.717, 1.165) is 0 Å². The van der Waals surface area contributed by atoms with Gasteiger partial charge < -0.3 is 15.4 Å². The minimum absolute atomic E-state index is 0.0213. The number of halogens is 1. The predicted molar refractivity (Wildman–Crippen MR) is 63.8 cm³/mol. The SMILES string of the molecule is Nc1nc2c(ncn2CCCC(F)CO)c(=O)[nH]1. The number of hydrogen-bond donors (Lipinski definition) is 3. The van der Waals surface area contributed by atoms with E-state index in [2.05, 4.69) is 15.0 Å². The molecule has 2 aromatic heterocycles. The van der Waals surface area contributed by atoms with Gasteiger partial charge >= 0.3 is 0 Å². The van der Waals surface area contributed by atoms with Crippen LogP contribution < -0.4 is 11.3 Å². The van der Waals surface area contributed by atoms with Gasteiger partial charge in [-0.2, -0.15) is 4.98 Å². The van der Waals surface area contributed by atoms with Gasteiger partial charge in [-0.15, -0.1) is 0 Å². The summed E-state index contributed by atoms with van der Waals surface area (Å²) in [5.74, 6) is 0.0213. The van der Waals surface area contributed by atoms with Crippen molar-refractivity contribution in [1.29, 1.82) is 0 Å². The number of anilines is 1. The number of nitrogens with zero attached hydrogens (tertiary/aromatic N) is 3. The second-order valence-electron chi connectivity index (χ2n) is 3.98. The van der Waals surface area contributed by atoms with Crippen molar-refractivity contribution >= 4 is 17.1 Å². The number of aromatic nitrogens is 4. The van der Waals surface area contributed by atoms with E-state index in [0.29, 0.717) is 18.6 Å². The smallest absolute Gasteiger partial charge is 0.280 e. The van der Waals surface area contributed by atoms with Crippen LogP contribution in [-0.2, 0) is 6.54 Å². The molecule has 0 amide bonds. The first-order valence-electron chi connectivity index (χ1n) is 5.57. The van der Waals surface area contributed by atoms with Gasteiger partial charge in [-0.3, -0.25) is 9.78 Å². The summed E-state index contributed by atoms with van der Waals surface area (Å²) < 4.78 is 14.5. The number of aliphatic hydroxyl groups excluding tert-OH is 1. The normalized spacial score (nSPS) is 13.0. The van der Waals surface area contributed by atoms with E-state index >= 15 is 0 Å². The van der Waals surface area contributed by atoms with Gasteiger partial charge in [-0.25, -0.2) is 9.37 Å². The van der Waals surface area contributed by atoms with Crippen LogP contribution in [0.2, 0.25) is 0 Å². The van der Waals surface area contributed by atoms with Crippen molar-refractivity contribution in [3.63, 3.8) is 0 Å². The Morgan fingerprint density at radius 3 is 3.11 bits per heavy atom. The van der Waals surface area contributed by atoms with Crippen molar-refractivity contribution < 1.29 is 9.50 Å². The number of alkyl halides is 1. The third kappa shape index (κ3) is 2.48. The van der Waals surface area contributed by atoms with Crippen molar-refractivity contribution in [2.75, 3.05) is 12.3 Å². The highest BCUT2D eigenvalue weighted by Gasteiger charge is 2.10. The van der Waals surface area contributed by atoms with Gasteiger partial charge in [0.2, 0.25) is 5.95 Å². The molecule has 2 heterocycles. The minimum atomic E-state index is -1.22. The van der Waals surface area contributed by atoms with Crippen molar-refractivity contribution in [2.24, 2.45) is 0 Å². The lowest BCUT2D eigenvalue weighted by Gasteiger charge is -2.05. The average Bonchev–Trinajstić information content (AvgIpc) is 2.72. The van der Waals surface area contributed by atoms with Gasteiger partial charge in [0, 0.05) is 6.54 Å². The average molecular weight is 255 g/mol. The summed E-state index contributed by atoms with van der Waals surface area (Å²) in [5, 5.41) is 8.57. The third-order valence-electron chi connectivity index (χ3n) is 2.61. The van der Waals surface area contributed by atoms with Gasteiger partial charge in [0.05, 0.1) is 12.9 Å². The molecule has 2 rings (SSSR count). The van der Waals surface area contributed by atoms with E-state index < -0.39 is 18.3 Å². The zero-order chi connectivity index (χ0) is 13.1. The molecule has 2 aromatic rings. The Bertz CT molecular complexity index is 593. The van der Waals surface area contributed by atoms with Crippen LogP contribution in [0.25, 0.3) is 11.2 Å². The Morgan fingerprint density at radius 1 is 1.61 bits per heavy atom. The quantitative estimate of drug-likeness (QED) is 0.686. The highest BCUT2D eigenvalue weighted by molar-refractivity contribution is 5.70. The Kier molecular flexibility index (Phi) is 3.56. The Labute approximate surface area is 101 Å². The molecule has 8 heteroatoms. The molecule has 0 saturated carbocycles. The number of nitrogens with one attached hydrogen (secondary N) is 1. The molecule has 18 heavy (non-hydrogen) atoms. The summed E-state index contributed by atoms with van der Waals surface area (Å²) in [6.07, 6.45) is 1.01. The lowest BCUT2D eigenvalue weighted by molar-refractivity contribution is 0.166. The molecular weight excluding hydrogens is 241 g/mol. The Morgan fingerprint density at radius 2 is 2.39 bits per heavy atom. The molecule has 0 aliphatic heterocycles. The van der Waals surface area contributed by atoms with Gasteiger partial charge in [0.1, 0.15) is 6.17 Å². The molecule has 1 unspecified atom stereocenters. The van der Waals surface area contributed by atoms with Crippen molar-refractivity contribution in [3.8, 4) is 0 Å². The summed E-state index contributed by atoms with van der Waals surface area (Å²) >= 11 is 0. The zero-order valence-electron chi connectivity index (χ0n) is 9.64. The van der Waals surface area contributed by atoms with Gasteiger partial charge in [0.25, 0.3) is 5.56 Å². The van der Waals surface area contributed by atoms with Crippen LogP contribution >= 0.6 is 0 Å². The Balaban J connectivity index is 2.17. The van der Waals surface area contributed by atoms with Gasteiger partial charge in [0.15, 0.2) is 11.2 Å². The fourth-order valence-corrected chi connectivity index (χ4v) is 1.71. The number of aliphatic hydroxyl groups is 1. The maximum absolute atomic E-state index is 12.8. The van der Waals surface area contributed by atoms with Crippen LogP contribution in [0.15, 0.2) is 11.1 Å². The van der Waals surface area contributed by atoms with Crippen LogP contribution in [0.3, 0.4) is 0 Å². The number of aryl methyl sites for hydroxylation is 1. The molecule has 0 radical (unpaired) electrons. The number of fused-ring (bicyclic) bond motifs is 1. The summed E-state index contributed by atoms with van der Waals surface area (Å²) in [4.78, 5) is 21.8. The molecule has 0 spiro atoms. The third-order valence-corrected chi connectivity index (χ3v) is 2.61. The first-order valence-corrected chi connectivity index (χ1v) is 5.57. The number of imidazole rings is 1.